The monoisotopic (exact) mass is 384 g/mol. The largest absolute Gasteiger partial charge is 0.497 e. The summed E-state index contributed by atoms with van der Waals surface area (Å²) < 4.78 is 10.2. The van der Waals surface area contributed by atoms with Crippen LogP contribution in [0, 0.1) is 10.1 Å². The summed E-state index contributed by atoms with van der Waals surface area (Å²) in [7, 11) is 1.52. The molecule has 28 heavy (non-hydrogen) atoms. The van der Waals surface area contributed by atoms with Gasteiger partial charge < -0.3 is 14.4 Å². The van der Waals surface area contributed by atoms with Gasteiger partial charge in [-0.25, -0.2) is 4.79 Å². The molecule has 0 N–H and O–H groups in total. The smallest absolute Gasteiger partial charge is 0.340 e. The second kappa shape index (κ2) is 8.51. The lowest BCUT2D eigenvalue weighted by atomic mass is 10.1. The predicted octanol–water partition coefficient (Wildman–Crippen LogP) is 3.24. The summed E-state index contributed by atoms with van der Waals surface area (Å²) in [6.07, 6.45) is 1.98. The summed E-state index contributed by atoms with van der Waals surface area (Å²) in [5.74, 6) is -0.517. The third-order valence-electron chi connectivity index (χ3n) is 4.60. The van der Waals surface area contributed by atoms with Crippen molar-refractivity contribution in [3.05, 3.63) is 63.7 Å². The molecule has 8 heteroatoms. The molecule has 0 aliphatic carbocycles. The lowest BCUT2D eigenvalue weighted by Crippen LogP contribution is -2.22. The van der Waals surface area contributed by atoms with Crippen molar-refractivity contribution in [3.63, 3.8) is 0 Å². The van der Waals surface area contributed by atoms with Gasteiger partial charge in [0.15, 0.2) is 12.4 Å². The molecule has 2 aromatic carbocycles. The minimum absolute atomic E-state index is 0.0960. The Balaban J connectivity index is 1.75. The van der Waals surface area contributed by atoms with E-state index in [1.807, 2.05) is 4.90 Å². The topological polar surface area (TPSA) is 99.0 Å². The van der Waals surface area contributed by atoms with Crippen molar-refractivity contribution < 1.29 is 24.0 Å². The first-order valence-corrected chi connectivity index (χ1v) is 8.87. The molecule has 0 radical (unpaired) electrons. The molecule has 1 fully saturated rings. The number of esters is 1. The highest BCUT2D eigenvalue weighted by Gasteiger charge is 2.24. The summed E-state index contributed by atoms with van der Waals surface area (Å²) in [5.41, 5.74) is 0.868. The van der Waals surface area contributed by atoms with Crippen LogP contribution in [0.15, 0.2) is 42.5 Å². The van der Waals surface area contributed by atoms with Crippen molar-refractivity contribution in [3.8, 4) is 5.75 Å². The number of nitro benzene ring substituents is 1. The number of ether oxygens (including phenoxy) is 2. The van der Waals surface area contributed by atoms with Crippen molar-refractivity contribution in [1.82, 2.24) is 0 Å². The number of Topliss-reactive ketones (excluding diaryl/α,β-unsaturated/α-hetero) is 1. The highest BCUT2D eigenvalue weighted by molar-refractivity contribution is 6.01. The zero-order valence-corrected chi connectivity index (χ0v) is 15.4. The molecule has 0 unspecified atom stereocenters. The van der Waals surface area contributed by atoms with Gasteiger partial charge in [0.25, 0.3) is 5.69 Å². The summed E-state index contributed by atoms with van der Waals surface area (Å²) in [6, 6.07) is 10.6. The maximum absolute atomic E-state index is 12.6. The summed E-state index contributed by atoms with van der Waals surface area (Å²) >= 11 is 0. The predicted molar refractivity (Wildman–Crippen MR) is 102 cm³/mol. The van der Waals surface area contributed by atoms with Crippen molar-refractivity contribution in [2.24, 2.45) is 0 Å². The molecule has 0 saturated carbocycles. The third-order valence-corrected chi connectivity index (χ3v) is 4.60. The van der Waals surface area contributed by atoms with Gasteiger partial charge in [0.1, 0.15) is 5.75 Å². The molecule has 0 bridgehead atoms. The van der Waals surface area contributed by atoms with E-state index in [4.69, 9.17) is 9.47 Å². The standard InChI is InChI=1S/C20H20N2O6/c1-27-16-7-4-14(5-8-16)19(23)13-28-20(24)17-12-15(22(25)26)6-9-18(17)21-10-2-3-11-21/h4-9,12H,2-3,10-11,13H2,1H3. The molecule has 1 saturated heterocycles. The van der Waals surface area contributed by atoms with Crippen molar-refractivity contribution >= 4 is 23.1 Å². The molecule has 3 rings (SSSR count). The van der Waals surface area contributed by atoms with E-state index < -0.39 is 17.5 Å². The number of methoxy groups -OCH3 is 1. The number of ketones is 1. The molecule has 0 amide bonds. The molecular formula is C20H20N2O6. The van der Waals surface area contributed by atoms with Crippen molar-refractivity contribution in [2.45, 2.75) is 12.8 Å². The Morgan fingerprint density at radius 2 is 1.79 bits per heavy atom. The molecule has 1 aliphatic heterocycles. The fraction of sp³-hybridized carbons (Fsp3) is 0.300. The van der Waals surface area contributed by atoms with Crippen LogP contribution in [-0.2, 0) is 4.74 Å². The van der Waals surface area contributed by atoms with Crippen LogP contribution in [0.4, 0.5) is 11.4 Å². The van der Waals surface area contributed by atoms with E-state index in [9.17, 15) is 19.7 Å². The molecular weight excluding hydrogens is 364 g/mol. The minimum Gasteiger partial charge on any atom is -0.497 e. The molecule has 0 spiro atoms. The Hall–Kier alpha value is -3.42. The number of non-ortho nitro benzene ring substituents is 1. The molecule has 0 aromatic heterocycles. The maximum atomic E-state index is 12.6. The molecule has 8 nitrogen and oxygen atoms in total. The number of carbonyl (C=O) groups excluding carboxylic acids is 2. The number of benzene rings is 2. The molecule has 1 heterocycles. The van der Waals surface area contributed by atoms with Crippen LogP contribution in [0.5, 0.6) is 5.75 Å². The summed E-state index contributed by atoms with van der Waals surface area (Å²) in [4.78, 5) is 37.4. The molecule has 146 valence electrons. The maximum Gasteiger partial charge on any atom is 0.340 e. The van der Waals surface area contributed by atoms with E-state index in [1.54, 1.807) is 30.3 Å². The third kappa shape index (κ3) is 4.28. The molecule has 2 aromatic rings. The van der Waals surface area contributed by atoms with Crippen LogP contribution in [0.25, 0.3) is 0 Å². The van der Waals surface area contributed by atoms with E-state index >= 15 is 0 Å². The van der Waals surface area contributed by atoms with Crippen LogP contribution in [0.1, 0.15) is 33.6 Å². The lowest BCUT2D eigenvalue weighted by Gasteiger charge is -2.20. The Morgan fingerprint density at radius 1 is 1.11 bits per heavy atom. The van der Waals surface area contributed by atoms with Gasteiger partial charge in [-0.05, 0) is 43.2 Å². The number of rotatable bonds is 7. The van der Waals surface area contributed by atoms with Crippen LogP contribution >= 0.6 is 0 Å². The number of anilines is 1. The average molecular weight is 384 g/mol. The number of nitro groups is 1. The number of carbonyl (C=O) groups is 2. The minimum atomic E-state index is -0.757. The Morgan fingerprint density at radius 3 is 2.39 bits per heavy atom. The molecule has 0 atom stereocenters. The van der Waals surface area contributed by atoms with E-state index in [0.717, 1.165) is 25.9 Å². The van der Waals surface area contributed by atoms with Crippen LogP contribution in [0.3, 0.4) is 0 Å². The first-order chi connectivity index (χ1) is 13.5. The Labute approximate surface area is 161 Å². The summed E-state index contributed by atoms with van der Waals surface area (Å²) in [6.45, 7) is 1.08. The zero-order valence-electron chi connectivity index (χ0n) is 15.4. The fourth-order valence-corrected chi connectivity index (χ4v) is 3.10. The average Bonchev–Trinajstić information content (AvgIpc) is 3.26. The first-order valence-electron chi connectivity index (χ1n) is 8.87. The van der Waals surface area contributed by atoms with E-state index in [1.165, 1.54) is 19.2 Å². The number of hydrogen-bond donors (Lipinski definition) is 0. The van der Waals surface area contributed by atoms with Gasteiger partial charge >= 0.3 is 5.97 Å². The zero-order chi connectivity index (χ0) is 20.1. The SMILES string of the molecule is COc1ccc(C(=O)COC(=O)c2cc([N+](=O)[O-])ccc2N2CCCC2)cc1. The summed E-state index contributed by atoms with van der Waals surface area (Å²) in [5, 5.41) is 11.1. The second-order valence-electron chi connectivity index (χ2n) is 6.38. The van der Waals surface area contributed by atoms with E-state index in [0.29, 0.717) is 17.0 Å². The number of nitrogens with zero attached hydrogens (tertiary/aromatic N) is 2. The lowest BCUT2D eigenvalue weighted by molar-refractivity contribution is -0.384. The second-order valence-corrected chi connectivity index (χ2v) is 6.38. The normalized spacial score (nSPS) is 13.2. The van der Waals surface area contributed by atoms with Crippen molar-refractivity contribution in [2.75, 3.05) is 31.7 Å². The highest BCUT2D eigenvalue weighted by Crippen LogP contribution is 2.29. The van der Waals surface area contributed by atoms with Crippen LogP contribution < -0.4 is 9.64 Å². The number of hydrogen-bond acceptors (Lipinski definition) is 7. The fourth-order valence-electron chi connectivity index (χ4n) is 3.10. The quantitative estimate of drug-likeness (QED) is 0.313. The highest BCUT2D eigenvalue weighted by atomic mass is 16.6. The van der Waals surface area contributed by atoms with Gasteiger partial charge in [-0.2, -0.15) is 0 Å². The van der Waals surface area contributed by atoms with Crippen molar-refractivity contribution in [1.29, 1.82) is 0 Å². The van der Waals surface area contributed by atoms with Gasteiger partial charge in [0.05, 0.1) is 23.3 Å². The van der Waals surface area contributed by atoms with Crippen LogP contribution in [-0.4, -0.2) is 43.5 Å². The van der Waals surface area contributed by atoms with Crippen LogP contribution in [0.2, 0.25) is 0 Å². The Bertz CT molecular complexity index is 888. The van der Waals surface area contributed by atoms with Gasteiger partial charge in [-0.1, -0.05) is 0 Å². The van der Waals surface area contributed by atoms with E-state index in [2.05, 4.69) is 0 Å². The molecule has 1 aliphatic rings. The van der Waals surface area contributed by atoms with Gasteiger partial charge in [0, 0.05) is 30.8 Å². The van der Waals surface area contributed by atoms with E-state index in [-0.39, 0.29) is 17.0 Å². The van der Waals surface area contributed by atoms with Gasteiger partial charge in [-0.15, -0.1) is 0 Å². The van der Waals surface area contributed by atoms with Gasteiger partial charge in [-0.3, -0.25) is 14.9 Å². The van der Waals surface area contributed by atoms with Gasteiger partial charge in [0.2, 0.25) is 0 Å². The first kappa shape index (κ1) is 19.3. The Kier molecular flexibility index (Phi) is 5.88.